The van der Waals surface area contributed by atoms with Crippen molar-refractivity contribution in [3.05, 3.63) is 46.4 Å². The molecule has 0 heterocycles. The molecule has 0 radical (unpaired) electrons. The number of aryl methyl sites for hydroxylation is 1. The van der Waals surface area contributed by atoms with Crippen LogP contribution < -0.4 is 0 Å². The van der Waals surface area contributed by atoms with E-state index < -0.39 is 0 Å². The first kappa shape index (κ1) is 12.0. The minimum absolute atomic E-state index is 0.194. The zero-order chi connectivity index (χ0) is 12.4. The Morgan fingerprint density at radius 1 is 1.00 bits per heavy atom. The van der Waals surface area contributed by atoms with Gasteiger partial charge in [0.1, 0.15) is 11.5 Å². The summed E-state index contributed by atoms with van der Waals surface area (Å²) in [7, 11) is 0. The Balaban J connectivity index is 2.55. The fourth-order valence-electron chi connectivity index (χ4n) is 1.71. The second-order valence-electron chi connectivity index (χ2n) is 3.87. The van der Waals surface area contributed by atoms with Crippen LogP contribution in [0.1, 0.15) is 12.5 Å². The van der Waals surface area contributed by atoms with Crippen LogP contribution in [-0.2, 0) is 6.42 Å². The third-order valence-corrected chi connectivity index (χ3v) is 3.36. The summed E-state index contributed by atoms with van der Waals surface area (Å²) in [5.74, 6) is 0.444. The van der Waals surface area contributed by atoms with Gasteiger partial charge < -0.3 is 10.2 Å². The predicted octanol–water partition coefficient (Wildman–Crippen LogP) is 4.09. The first-order valence-corrected chi connectivity index (χ1v) is 6.22. The first-order valence-electron chi connectivity index (χ1n) is 5.42. The minimum Gasteiger partial charge on any atom is -0.507 e. The molecule has 2 rings (SSSR count). The average Bonchev–Trinajstić information content (AvgIpc) is 2.33. The molecule has 88 valence electrons. The van der Waals surface area contributed by atoms with Crippen LogP contribution in [0.15, 0.2) is 40.9 Å². The van der Waals surface area contributed by atoms with Crippen molar-refractivity contribution in [2.75, 3.05) is 0 Å². The number of halogens is 1. The summed E-state index contributed by atoms with van der Waals surface area (Å²) in [6.45, 7) is 2.07. The second-order valence-corrected chi connectivity index (χ2v) is 4.73. The molecule has 0 atom stereocenters. The topological polar surface area (TPSA) is 40.5 Å². The lowest BCUT2D eigenvalue weighted by Gasteiger charge is -2.08. The molecule has 2 nitrogen and oxygen atoms in total. The molecule has 0 saturated carbocycles. The number of rotatable bonds is 2. The molecule has 0 fully saturated rings. The predicted molar refractivity (Wildman–Crippen MR) is 72.3 cm³/mol. The summed E-state index contributed by atoms with van der Waals surface area (Å²) in [4.78, 5) is 0. The molecule has 2 aromatic carbocycles. The summed E-state index contributed by atoms with van der Waals surface area (Å²) in [6.07, 6.45) is 0.923. The molecule has 0 aliphatic carbocycles. The highest BCUT2D eigenvalue weighted by Gasteiger charge is 2.07. The van der Waals surface area contributed by atoms with Crippen LogP contribution in [0, 0.1) is 0 Å². The van der Waals surface area contributed by atoms with Gasteiger partial charge >= 0.3 is 0 Å². The van der Waals surface area contributed by atoms with E-state index in [9.17, 15) is 10.2 Å². The fourth-order valence-corrected chi connectivity index (χ4v) is 2.09. The standard InChI is InChI=1S/C14H13BrO2/c1-2-9-3-5-13(16)11(7-9)10-4-6-14(17)12(15)8-10/h3-8,16-17H,2H2,1H3. The van der Waals surface area contributed by atoms with Gasteiger partial charge in [-0.15, -0.1) is 0 Å². The molecule has 0 aliphatic rings. The molecule has 0 unspecified atom stereocenters. The molecule has 0 bridgehead atoms. The molecule has 0 aliphatic heterocycles. The lowest BCUT2D eigenvalue weighted by molar-refractivity contribution is 0.471. The van der Waals surface area contributed by atoms with Crippen LogP contribution in [0.25, 0.3) is 11.1 Å². The first-order chi connectivity index (χ1) is 8.11. The van der Waals surface area contributed by atoms with Gasteiger partial charge in [0.25, 0.3) is 0 Å². The van der Waals surface area contributed by atoms with E-state index in [2.05, 4.69) is 22.9 Å². The maximum Gasteiger partial charge on any atom is 0.129 e. The van der Waals surface area contributed by atoms with Gasteiger partial charge in [-0.05, 0) is 57.7 Å². The van der Waals surface area contributed by atoms with Crippen LogP contribution in [0.3, 0.4) is 0 Å². The van der Waals surface area contributed by atoms with E-state index in [0.29, 0.717) is 4.47 Å². The zero-order valence-corrected chi connectivity index (χ0v) is 11.0. The maximum absolute atomic E-state index is 9.87. The number of hydrogen-bond acceptors (Lipinski definition) is 2. The van der Waals surface area contributed by atoms with Gasteiger partial charge in [0.05, 0.1) is 4.47 Å². The Labute approximate surface area is 109 Å². The van der Waals surface area contributed by atoms with Crippen molar-refractivity contribution in [2.45, 2.75) is 13.3 Å². The van der Waals surface area contributed by atoms with Gasteiger partial charge in [0, 0.05) is 5.56 Å². The normalized spacial score (nSPS) is 10.5. The highest BCUT2D eigenvalue weighted by molar-refractivity contribution is 9.10. The average molecular weight is 293 g/mol. The number of hydrogen-bond donors (Lipinski definition) is 2. The molecule has 0 saturated heterocycles. The summed E-state index contributed by atoms with van der Waals surface area (Å²) in [5.41, 5.74) is 2.83. The summed E-state index contributed by atoms with van der Waals surface area (Å²) in [5, 5.41) is 19.3. The van der Waals surface area contributed by atoms with Crippen molar-refractivity contribution in [1.29, 1.82) is 0 Å². The number of aromatic hydroxyl groups is 2. The van der Waals surface area contributed by atoms with Crippen molar-refractivity contribution in [2.24, 2.45) is 0 Å². The molecular formula is C14H13BrO2. The van der Waals surface area contributed by atoms with Gasteiger partial charge in [0.2, 0.25) is 0 Å². The highest BCUT2D eigenvalue weighted by atomic mass is 79.9. The van der Waals surface area contributed by atoms with E-state index in [1.54, 1.807) is 24.3 Å². The maximum atomic E-state index is 9.87. The Hall–Kier alpha value is -1.48. The number of phenolic OH excluding ortho intramolecular Hbond substituents is 2. The number of phenols is 2. The zero-order valence-electron chi connectivity index (χ0n) is 9.44. The molecule has 17 heavy (non-hydrogen) atoms. The third kappa shape index (κ3) is 2.44. The van der Waals surface area contributed by atoms with Gasteiger partial charge in [-0.25, -0.2) is 0 Å². The Bertz CT molecular complexity index is 550. The van der Waals surface area contributed by atoms with Crippen molar-refractivity contribution in [1.82, 2.24) is 0 Å². The quantitative estimate of drug-likeness (QED) is 0.875. The third-order valence-electron chi connectivity index (χ3n) is 2.73. The largest absolute Gasteiger partial charge is 0.507 e. The van der Waals surface area contributed by atoms with E-state index in [-0.39, 0.29) is 11.5 Å². The van der Waals surface area contributed by atoms with Crippen LogP contribution in [-0.4, -0.2) is 10.2 Å². The van der Waals surface area contributed by atoms with E-state index in [1.807, 2.05) is 12.1 Å². The monoisotopic (exact) mass is 292 g/mol. The highest BCUT2D eigenvalue weighted by Crippen LogP contribution is 2.34. The molecule has 2 aromatic rings. The van der Waals surface area contributed by atoms with Crippen LogP contribution in [0.2, 0.25) is 0 Å². The Morgan fingerprint density at radius 3 is 2.35 bits per heavy atom. The van der Waals surface area contributed by atoms with Crippen molar-refractivity contribution < 1.29 is 10.2 Å². The molecule has 3 heteroatoms. The Morgan fingerprint density at radius 2 is 1.71 bits per heavy atom. The van der Waals surface area contributed by atoms with E-state index >= 15 is 0 Å². The van der Waals surface area contributed by atoms with Crippen LogP contribution in [0.5, 0.6) is 11.5 Å². The number of benzene rings is 2. The summed E-state index contributed by atoms with van der Waals surface area (Å²) in [6, 6.07) is 10.8. The molecule has 0 aromatic heterocycles. The molecule has 0 amide bonds. The van der Waals surface area contributed by atoms with Gasteiger partial charge in [-0.3, -0.25) is 0 Å². The van der Waals surface area contributed by atoms with Gasteiger partial charge in [-0.1, -0.05) is 19.1 Å². The van der Waals surface area contributed by atoms with E-state index in [1.165, 1.54) is 5.56 Å². The molecule has 0 spiro atoms. The van der Waals surface area contributed by atoms with E-state index in [4.69, 9.17) is 0 Å². The lowest BCUT2D eigenvalue weighted by Crippen LogP contribution is -1.84. The van der Waals surface area contributed by atoms with Crippen molar-refractivity contribution in [3.8, 4) is 22.6 Å². The van der Waals surface area contributed by atoms with Crippen LogP contribution in [0.4, 0.5) is 0 Å². The van der Waals surface area contributed by atoms with Crippen molar-refractivity contribution >= 4 is 15.9 Å². The van der Waals surface area contributed by atoms with Gasteiger partial charge in [-0.2, -0.15) is 0 Å². The summed E-state index contributed by atoms with van der Waals surface area (Å²) >= 11 is 3.27. The second kappa shape index (κ2) is 4.80. The van der Waals surface area contributed by atoms with Crippen LogP contribution >= 0.6 is 15.9 Å². The Kier molecular flexibility index (Phi) is 3.38. The molecular weight excluding hydrogens is 280 g/mol. The molecule has 2 N–H and O–H groups in total. The van der Waals surface area contributed by atoms with E-state index in [0.717, 1.165) is 17.5 Å². The van der Waals surface area contributed by atoms with Gasteiger partial charge in [0.15, 0.2) is 0 Å². The SMILES string of the molecule is CCc1ccc(O)c(-c2ccc(O)c(Br)c2)c1. The fraction of sp³-hybridized carbons (Fsp3) is 0.143. The van der Waals surface area contributed by atoms with Crippen molar-refractivity contribution in [3.63, 3.8) is 0 Å². The smallest absolute Gasteiger partial charge is 0.129 e. The lowest BCUT2D eigenvalue weighted by atomic mass is 10.0. The minimum atomic E-state index is 0.194. The summed E-state index contributed by atoms with van der Waals surface area (Å²) < 4.78 is 0.622.